The monoisotopic (exact) mass is 335 g/mol. The molecule has 5 nitrogen and oxygen atoms in total. The number of hydrogen-bond donors (Lipinski definition) is 2. The van der Waals surface area contributed by atoms with Gasteiger partial charge in [-0.3, -0.25) is 0 Å². The minimum absolute atomic E-state index is 0.0631. The topological polar surface area (TPSA) is 85.1 Å². The van der Waals surface area contributed by atoms with Crippen molar-refractivity contribution in [1.29, 1.82) is 0 Å². The lowest BCUT2D eigenvalue weighted by Crippen LogP contribution is -2.10. The van der Waals surface area contributed by atoms with Crippen molar-refractivity contribution in [1.82, 2.24) is 4.98 Å². The summed E-state index contributed by atoms with van der Waals surface area (Å²) >= 11 is 6.83. The Morgan fingerprint density at radius 3 is 2.75 bits per heavy atom. The molecule has 0 saturated heterocycles. The average molecular weight is 336 g/mol. The SMILES string of the molecule is CC(Nc1ncc(S(N)(=O)=O)s1)c1c(F)cccc1Cl. The fraction of sp³-hybridized carbons (Fsp3) is 0.182. The Balaban J connectivity index is 2.24. The first kappa shape index (κ1) is 15.2. The van der Waals surface area contributed by atoms with E-state index in [4.69, 9.17) is 16.7 Å². The van der Waals surface area contributed by atoms with Gasteiger partial charge in [0.25, 0.3) is 0 Å². The lowest BCUT2D eigenvalue weighted by Gasteiger charge is -2.15. The third kappa shape index (κ3) is 3.26. The van der Waals surface area contributed by atoms with E-state index in [-0.39, 0.29) is 9.23 Å². The molecule has 1 aromatic heterocycles. The zero-order valence-electron chi connectivity index (χ0n) is 10.3. The fourth-order valence-electron chi connectivity index (χ4n) is 1.64. The number of nitrogens with two attached hydrogens (primary N) is 1. The van der Waals surface area contributed by atoms with E-state index < -0.39 is 21.9 Å². The van der Waals surface area contributed by atoms with Gasteiger partial charge >= 0.3 is 0 Å². The standard InChI is InChI=1S/C11H11ClFN3O2S2/c1-6(10-7(12)3-2-4-8(10)13)16-11-15-5-9(19-11)20(14,17)18/h2-6H,1H3,(H,15,16)(H2,14,17,18). The largest absolute Gasteiger partial charge is 0.355 e. The van der Waals surface area contributed by atoms with Crippen LogP contribution in [0.25, 0.3) is 0 Å². The molecule has 2 aromatic rings. The molecule has 1 unspecified atom stereocenters. The van der Waals surface area contributed by atoms with Gasteiger partial charge in [0.1, 0.15) is 5.82 Å². The smallest absolute Gasteiger partial charge is 0.249 e. The molecular formula is C11H11ClFN3O2S2. The molecule has 0 radical (unpaired) electrons. The number of sulfonamides is 1. The molecule has 9 heteroatoms. The first-order chi connectivity index (χ1) is 9.29. The number of hydrogen-bond acceptors (Lipinski definition) is 5. The van der Waals surface area contributed by atoms with Crippen LogP contribution < -0.4 is 10.5 Å². The molecule has 1 heterocycles. The number of anilines is 1. The number of primary sulfonamides is 1. The van der Waals surface area contributed by atoms with Crippen LogP contribution in [0.5, 0.6) is 0 Å². The quantitative estimate of drug-likeness (QED) is 0.899. The minimum atomic E-state index is -3.78. The lowest BCUT2D eigenvalue weighted by molar-refractivity contribution is 0.599. The predicted octanol–water partition coefficient (Wildman–Crippen LogP) is 2.76. The van der Waals surface area contributed by atoms with Gasteiger partial charge in [-0.15, -0.1) is 0 Å². The summed E-state index contributed by atoms with van der Waals surface area (Å²) in [4.78, 5) is 3.89. The highest BCUT2D eigenvalue weighted by atomic mass is 35.5. The van der Waals surface area contributed by atoms with E-state index in [1.165, 1.54) is 12.1 Å². The van der Waals surface area contributed by atoms with E-state index in [0.29, 0.717) is 10.7 Å². The van der Waals surface area contributed by atoms with Crippen LogP contribution in [-0.2, 0) is 10.0 Å². The van der Waals surface area contributed by atoms with Gasteiger partial charge in [-0.05, 0) is 19.1 Å². The molecular weight excluding hydrogens is 325 g/mol. The van der Waals surface area contributed by atoms with E-state index in [2.05, 4.69) is 10.3 Å². The van der Waals surface area contributed by atoms with Gasteiger partial charge < -0.3 is 5.32 Å². The summed E-state index contributed by atoms with van der Waals surface area (Å²) < 4.78 is 36.0. The van der Waals surface area contributed by atoms with Crippen LogP contribution in [0, 0.1) is 5.82 Å². The second kappa shape index (κ2) is 5.65. The van der Waals surface area contributed by atoms with Gasteiger partial charge in [0.15, 0.2) is 9.34 Å². The molecule has 0 aliphatic heterocycles. The van der Waals surface area contributed by atoms with Crippen molar-refractivity contribution in [3.63, 3.8) is 0 Å². The number of nitrogens with one attached hydrogen (secondary N) is 1. The predicted molar refractivity (Wildman–Crippen MR) is 76.9 cm³/mol. The van der Waals surface area contributed by atoms with Crippen LogP contribution >= 0.6 is 22.9 Å². The Bertz CT molecular complexity index is 713. The fourth-order valence-corrected chi connectivity index (χ4v) is 3.50. The first-order valence-electron chi connectivity index (χ1n) is 5.48. The van der Waals surface area contributed by atoms with Crippen molar-refractivity contribution in [3.8, 4) is 0 Å². The number of aromatic nitrogens is 1. The maximum Gasteiger partial charge on any atom is 0.249 e. The Hall–Kier alpha value is -1.22. The summed E-state index contributed by atoms with van der Waals surface area (Å²) in [5.74, 6) is -0.444. The van der Waals surface area contributed by atoms with E-state index in [0.717, 1.165) is 17.5 Å². The van der Waals surface area contributed by atoms with Crippen LogP contribution in [0.15, 0.2) is 28.6 Å². The highest BCUT2D eigenvalue weighted by Crippen LogP contribution is 2.30. The van der Waals surface area contributed by atoms with E-state index in [1.807, 2.05) is 0 Å². The van der Waals surface area contributed by atoms with Crippen LogP contribution in [-0.4, -0.2) is 13.4 Å². The number of nitrogens with zero attached hydrogens (tertiary/aromatic N) is 1. The van der Waals surface area contributed by atoms with Crippen LogP contribution in [0.3, 0.4) is 0 Å². The zero-order valence-corrected chi connectivity index (χ0v) is 12.7. The molecule has 20 heavy (non-hydrogen) atoms. The molecule has 0 amide bonds. The van der Waals surface area contributed by atoms with Crippen molar-refractivity contribution in [3.05, 3.63) is 40.8 Å². The van der Waals surface area contributed by atoms with Crippen LogP contribution in [0.4, 0.5) is 9.52 Å². The molecule has 2 rings (SSSR count). The van der Waals surface area contributed by atoms with Gasteiger partial charge in [0, 0.05) is 10.6 Å². The number of rotatable bonds is 4. The number of halogens is 2. The summed E-state index contributed by atoms with van der Waals surface area (Å²) in [5.41, 5.74) is 0.293. The highest BCUT2D eigenvalue weighted by molar-refractivity contribution is 7.91. The molecule has 1 atom stereocenters. The Kier molecular flexibility index (Phi) is 4.28. The number of benzene rings is 1. The second-order valence-corrected chi connectivity index (χ2v) is 7.26. The van der Waals surface area contributed by atoms with E-state index in [1.54, 1.807) is 13.0 Å². The third-order valence-electron chi connectivity index (χ3n) is 2.54. The minimum Gasteiger partial charge on any atom is -0.355 e. The first-order valence-corrected chi connectivity index (χ1v) is 8.22. The van der Waals surface area contributed by atoms with Crippen molar-refractivity contribution < 1.29 is 12.8 Å². The molecule has 1 aromatic carbocycles. The number of thiazole rings is 1. The van der Waals surface area contributed by atoms with Crippen LogP contribution in [0.1, 0.15) is 18.5 Å². The molecule has 0 saturated carbocycles. The molecule has 0 aliphatic carbocycles. The van der Waals surface area contributed by atoms with Gasteiger partial charge in [0.05, 0.1) is 12.2 Å². The summed E-state index contributed by atoms with van der Waals surface area (Å²) in [6, 6.07) is 3.92. The van der Waals surface area contributed by atoms with Crippen molar-refractivity contribution in [2.24, 2.45) is 5.14 Å². The summed E-state index contributed by atoms with van der Waals surface area (Å²) in [7, 11) is -3.78. The summed E-state index contributed by atoms with van der Waals surface area (Å²) in [5, 5.41) is 8.49. The zero-order chi connectivity index (χ0) is 14.9. The maximum absolute atomic E-state index is 13.7. The van der Waals surface area contributed by atoms with Gasteiger partial charge in [-0.25, -0.2) is 22.9 Å². The molecule has 0 fully saturated rings. The Morgan fingerprint density at radius 2 is 2.20 bits per heavy atom. The van der Waals surface area contributed by atoms with Crippen LogP contribution in [0.2, 0.25) is 5.02 Å². The van der Waals surface area contributed by atoms with Gasteiger partial charge in [0.2, 0.25) is 10.0 Å². The normalized spacial score (nSPS) is 13.2. The Labute approximate surface area is 124 Å². The van der Waals surface area contributed by atoms with Crippen molar-refractivity contribution in [2.45, 2.75) is 17.2 Å². The maximum atomic E-state index is 13.7. The van der Waals surface area contributed by atoms with Gasteiger partial charge in [-0.1, -0.05) is 29.0 Å². The van der Waals surface area contributed by atoms with E-state index in [9.17, 15) is 12.8 Å². The average Bonchev–Trinajstić information content (AvgIpc) is 2.76. The second-order valence-electron chi connectivity index (χ2n) is 4.03. The van der Waals surface area contributed by atoms with Crippen molar-refractivity contribution >= 4 is 38.1 Å². The molecule has 3 N–H and O–H groups in total. The molecule has 0 bridgehead atoms. The van der Waals surface area contributed by atoms with E-state index >= 15 is 0 Å². The van der Waals surface area contributed by atoms with Gasteiger partial charge in [-0.2, -0.15) is 0 Å². The third-order valence-corrected chi connectivity index (χ3v) is 5.20. The summed E-state index contributed by atoms with van der Waals surface area (Å²) in [6.07, 6.45) is 1.15. The van der Waals surface area contributed by atoms with Crippen molar-refractivity contribution in [2.75, 3.05) is 5.32 Å². The molecule has 0 spiro atoms. The lowest BCUT2D eigenvalue weighted by atomic mass is 10.1. The molecule has 0 aliphatic rings. The Morgan fingerprint density at radius 1 is 1.50 bits per heavy atom. The molecule has 108 valence electrons. The summed E-state index contributed by atoms with van der Waals surface area (Å²) in [6.45, 7) is 1.70. The highest BCUT2D eigenvalue weighted by Gasteiger charge is 2.18.